The second kappa shape index (κ2) is 13.6. The zero-order chi connectivity index (χ0) is 34.8. The van der Waals surface area contributed by atoms with E-state index in [9.17, 15) is 27.3 Å². The molecule has 1 aliphatic rings. The quantitative estimate of drug-likeness (QED) is 0.161. The van der Waals surface area contributed by atoms with Gasteiger partial charge in [0.1, 0.15) is 22.5 Å². The highest BCUT2D eigenvalue weighted by Crippen LogP contribution is 2.34. The number of fused-ring (bicyclic) bond motifs is 1. The lowest BCUT2D eigenvalue weighted by molar-refractivity contribution is 0.0583. The van der Waals surface area contributed by atoms with Crippen LogP contribution < -0.4 is 4.72 Å². The standard InChI is InChI=1S/C37H29F2N7O3S/c38-37(39)46-22-31(43-33(46)23-45(26-16-17-26)36(47)35-27-12-5-4-9-24(27)18-20-42-35)28-13-8-15-32(29(28)21-40)50(48,49)44-34(25-10-2-1-3-11-25)30-14-6-7-19-41-30/h1-15,18-20,22,26,34,37,44H,16-17,23H2. The Morgan fingerprint density at radius 1 is 0.940 bits per heavy atom. The summed E-state index contributed by atoms with van der Waals surface area (Å²) in [7, 11) is -4.39. The highest BCUT2D eigenvalue weighted by Gasteiger charge is 2.36. The fourth-order valence-electron chi connectivity index (χ4n) is 5.97. The molecule has 0 radical (unpaired) electrons. The number of carbonyl (C=O) groups is 1. The van der Waals surface area contributed by atoms with Crippen molar-refractivity contribution in [3.8, 4) is 17.3 Å². The molecule has 1 N–H and O–H groups in total. The van der Waals surface area contributed by atoms with E-state index in [0.717, 1.165) is 11.6 Å². The van der Waals surface area contributed by atoms with Crippen LogP contribution in [0.1, 0.15) is 58.6 Å². The molecule has 50 heavy (non-hydrogen) atoms. The van der Waals surface area contributed by atoms with Crippen LogP contribution in [0.15, 0.2) is 121 Å². The van der Waals surface area contributed by atoms with Crippen molar-refractivity contribution in [2.24, 2.45) is 0 Å². The summed E-state index contributed by atoms with van der Waals surface area (Å²) in [5.74, 6) is -0.530. The van der Waals surface area contributed by atoms with Gasteiger partial charge in [0, 0.05) is 35.6 Å². The van der Waals surface area contributed by atoms with E-state index in [1.54, 1.807) is 72.9 Å². The molecule has 1 saturated carbocycles. The number of nitrogens with zero attached hydrogens (tertiary/aromatic N) is 6. The van der Waals surface area contributed by atoms with Gasteiger partial charge in [-0.25, -0.2) is 13.4 Å². The summed E-state index contributed by atoms with van der Waals surface area (Å²) < 4.78 is 60.3. The van der Waals surface area contributed by atoms with Gasteiger partial charge in [-0.2, -0.15) is 18.8 Å². The minimum Gasteiger partial charge on any atom is -0.327 e. The Labute approximate surface area is 286 Å². The van der Waals surface area contributed by atoms with Crippen molar-refractivity contribution >= 4 is 26.7 Å². The van der Waals surface area contributed by atoms with Crippen LogP contribution in [0.5, 0.6) is 0 Å². The molecule has 0 saturated heterocycles. The lowest BCUT2D eigenvalue weighted by atomic mass is 10.0. The summed E-state index contributed by atoms with van der Waals surface area (Å²) in [4.78, 5) is 28.2. The first-order valence-electron chi connectivity index (χ1n) is 15.8. The van der Waals surface area contributed by atoms with Gasteiger partial charge in [0.25, 0.3) is 5.91 Å². The zero-order valence-electron chi connectivity index (χ0n) is 26.4. The molecule has 0 spiro atoms. The van der Waals surface area contributed by atoms with Crippen LogP contribution in [-0.2, 0) is 16.6 Å². The number of pyridine rings is 2. The van der Waals surface area contributed by atoms with Crippen molar-refractivity contribution in [1.82, 2.24) is 29.1 Å². The van der Waals surface area contributed by atoms with E-state index < -0.39 is 28.5 Å². The van der Waals surface area contributed by atoms with Gasteiger partial charge >= 0.3 is 6.55 Å². The average molecular weight is 690 g/mol. The Balaban J connectivity index is 1.24. The van der Waals surface area contributed by atoms with Gasteiger partial charge in [-0.05, 0) is 48.1 Å². The Kier molecular flexibility index (Phi) is 8.88. The monoisotopic (exact) mass is 689 g/mol. The van der Waals surface area contributed by atoms with E-state index in [2.05, 4.69) is 19.7 Å². The van der Waals surface area contributed by atoms with Gasteiger partial charge in [0.2, 0.25) is 10.0 Å². The first-order chi connectivity index (χ1) is 24.2. The Morgan fingerprint density at radius 2 is 1.70 bits per heavy atom. The van der Waals surface area contributed by atoms with Gasteiger partial charge < -0.3 is 4.90 Å². The van der Waals surface area contributed by atoms with Crippen LogP contribution in [0.4, 0.5) is 8.78 Å². The molecule has 7 rings (SSSR count). The maximum atomic E-state index is 14.5. The number of amides is 1. The molecule has 6 aromatic rings. The minimum absolute atomic E-state index is 0.0373. The van der Waals surface area contributed by atoms with Crippen molar-refractivity contribution in [2.75, 3.05) is 0 Å². The number of nitriles is 1. The summed E-state index contributed by atoms with van der Waals surface area (Å²) in [6.45, 7) is -3.27. The van der Waals surface area contributed by atoms with Gasteiger partial charge in [-0.15, -0.1) is 0 Å². The maximum absolute atomic E-state index is 14.5. The molecule has 1 aliphatic carbocycles. The summed E-state index contributed by atoms with van der Waals surface area (Å²) in [5, 5.41) is 11.8. The minimum atomic E-state index is -4.39. The number of benzene rings is 3. The second-order valence-electron chi connectivity index (χ2n) is 11.8. The third-order valence-electron chi connectivity index (χ3n) is 8.55. The van der Waals surface area contributed by atoms with E-state index in [1.807, 2.05) is 18.2 Å². The predicted molar refractivity (Wildman–Crippen MR) is 181 cm³/mol. The van der Waals surface area contributed by atoms with Gasteiger partial charge in [0.05, 0.1) is 29.5 Å². The van der Waals surface area contributed by atoms with Gasteiger partial charge in [0.15, 0.2) is 0 Å². The van der Waals surface area contributed by atoms with Gasteiger partial charge in [-0.1, -0.05) is 72.8 Å². The van der Waals surface area contributed by atoms with E-state index in [1.165, 1.54) is 29.3 Å². The topological polar surface area (TPSA) is 134 Å². The van der Waals surface area contributed by atoms with E-state index in [0.29, 0.717) is 34.1 Å². The summed E-state index contributed by atoms with van der Waals surface area (Å²) >= 11 is 0. The molecule has 250 valence electrons. The first kappa shape index (κ1) is 32.7. The molecule has 3 aromatic carbocycles. The SMILES string of the molecule is N#Cc1c(-c2cn(C(F)F)c(CN(C(=O)c3nccc4ccccc34)C3CC3)n2)cccc1S(=O)(=O)NC(c1ccccc1)c1ccccn1. The molecule has 3 aromatic heterocycles. The number of halogens is 2. The Bertz CT molecular complexity index is 2300. The molecule has 1 amide bonds. The third-order valence-corrected chi connectivity index (χ3v) is 10.0. The molecular weight excluding hydrogens is 661 g/mol. The van der Waals surface area contributed by atoms with Crippen LogP contribution in [-0.4, -0.2) is 44.8 Å². The number of aromatic nitrogens is 4. The number of hydrogen-bond donors (Lipinski definition) is 1. The van der Waals surface area contributed by atoms with Crippen molar-refractivity contribution in [3.05, 3.63) is 144 Å². The van der Waals surface area contributed by atoms with Crippen LogP contribution in [0.3, 0.4) is 0 Å². The van der Waals surface area contributed by atoms with Crippen molar-refractivity contribution in [2.45, 2.75) is 42.9 Å². The number of hydrogen-bond acceptors (Lipinski definition) is 7. The van der Waals surface area contributed by atoms with Crippen LogP contribution in [0, 0.1) is 11.3 Å². The van der Waals surface area contributed by atoms with E-state index in [4.69, 9.17) is 0 Å². The fourth-order valence-corrected chi connectivity index (χ4v) is 7.35. The third kappa shape index (κ3) is 6.46. The smallest absolute Gasteiger partial charge is 0.320 e. The summed E-state index contributed by atoms with van der Waals surface area (Å²) in [5.41, 5.74) is 1.01. The van der Waals surface area contributed by atoms with Gasteiger partial charge in [-0.3, -0.25) is 19.3 Å². The molecule has 0 bridgehead atoms. The molecule has 0 aliphatic heterocycles. The van der Waals surface area contributed by atoms with Crippen molar-refractivity contribution in [3.63, 3.8) is 0 Å². The summed E-state index contributed by atoms with van der Waals surface area (Å²) in [6.07, 6.45) is 5.57. The highest BCUT2D eigenvalue weighted by molar-refractivity contribution is 7.89. The van der Waals surface area contributed by atoms with Crippen molar-refractivity contribution in [1.29, 1.82) is 5.26 Å². The molecule has 13 heteroatoms. The van der Waals surface area contributed by atoms with Crippen LogP contribution >= 0.6 is 0 Å². The molecular formula is C37H29F2N7O3S. The number of imidazole rings is 1. The predicted octanol–water partition coefficient (Wildman–Crippen LogP) is 6.63. The highest BCUT2D eigenvalue weighted by atomic mass is 32.2. The normalized spacial score (nSPS) is 13.6. The summed E-state index contributed by atoms with van der Waals surface area (Å²) in [6, 6.07) is 28.2. The lowest BCUT2D eigenvalue weighted by Gasteiger charge is -2.22. The average Bonchev–Trinajstić information content (AvgIpc) is 3.90. The molecule has 10 nitrogen and oxygen atoms in total. The maximum Gasteiger partial charge on any atom is 0.320 e. The number of sulfonamides is 1. The Morgan fingerprint density at radius 3 is 2.42 bits per heavy atom. The molecule has 3 heterocycles. The second-order valence-corrected chi connectivity index (χ2v) is 13.5. The molecule has 1 atom stereocenters. The largest absolute Gasteiger partial charge is 0.327 e. The number of alkyl halides is 2. The molecule has 1 fully saturated rings. The molecule has 1 unspecified atom stereocenters. The first-order valence-corrected chi connectivity index (χ1v) is 17.3. The fraction of sp³-hybridized carbons (Fsp3) is 0.162. The van der Waals surface area contributed by atoms with Crippen LogP contribution in [0.2, 0.25) is 0 Å². The van der Waals surface area contributed by atoms with Crippen molar-refractivity contribution < 1.29 is 22.0 Å². The number of rotatable bonds is 11. The van der Waals surface area contributed by atoms with Crippen LogP contribution in [0.25, 0.3) is 22.0 Å². The lowest BCUT2D eigenvalue weighted by Crippen LogP contribution is -2.34. The van der Waals surface area contributed by atoms with E-state index in [-0.39, 0.29) is 45.8 Å². The van der Waals surface area contributed by atoms with E-state index >= 15 is 0 Å². The zero-order valence-corrected chi connectivity index (χ0v) is 27.2. The number of nitrogens with one attached hydrogen (secondary N) is 1. The number of carbonyl (C=O) groups excluding carboxylic acids is 1. The Hall–Kier alpha value is -5.84.